The molecule has 0 unspecified atom stereocenters. The van der Waals surface area contributed by atoms with Crippen molar-refractivity contribution in [2.75, 3.05) is 26.8 Å². The molecule has 1 amide bonds. The van der Waals surface area contributed by atoms with E-state index >= 15 is 0 Å². The van der Waals surface area contributed by atoms with E-state index < -0.39 is 0 Å². The lowest BCUT2D eigenvalue weighted by Gasteiger charge is -2.41. The fourth-order valence-electron chi connectivity index (χ4n) is 2.35. The Bertz CT molecular complexity index is 456. The quantitative estimate of drug-likeness (QED) is 0.809. The standard InChI is InChI=1S/C13H21N3O4/c1-4-13(5-2)9-16(6-7-19-13)12(17)11-15-14-10(20-11)8-18-3/h4-9H2,1-3H3. The van der Waals surface area contributed by atoms with Crippen LogP contribution < -0.4 is 0 Å². The highest BCUT2D eigenvalue weighted by atomic mass is 16.5. The minimum atomic E-state index is -0.261. The van der Waals surface area contributed by atoms with E-state index in [2.05, 4.69) is 24.0 Å². The highest BCUT2D eigenvalue weighted by Gasteiger charge is 2.36. The van der Waals surface area contributed by atoms with Crippen LogP contribution in [0.2, 0.25) is 0 Å². The Balaban J connectivity index is 2.07. The predicted octanol–water partition coefficient (Wildman–Crippen LogP) is 1.25. The Labute approximate surface area is 118 Å². The second-order valence-electron chi connectivity index (χ2n) is 4.90. The highest BCUT2D eigenvalue weighted by Crippen LogP contribution is 2.26. The van der Waals surface area contributed by atoms with Gasteiger partial charge in [0.25, 0.3) is 0 Å². The second-order valence-corrected chi connectivity index (χ2v) is 4.90. The monoisotopic (exact) mass is 283 g/mol. The van der Waals surface area contributed by atoms with Gasteiger partial charge in [0.05, 0.1) is 18.8 Å². The summed E-state index contributed by atoms with van der Waals surface area (Å²) in [5.41, 5.74) is -0.261. The molecule has 112 valence electrons. The van der Waals surface area contributed by atoms with Crippen LogP contribution in [0, 0.1) is 0 Å². The van der Waals surface area contributed by atoms with Crippen molar-refractivity contribution >= 4 is 5.91 Å². The maximum Gasteiger partial charge on any atom is 0.311 e. The number of methoxy groups -OCH3 is 1. The van der Waals surface area contributed by atoms with Crippen LogP contribution in [0.15, 0.2) is 4.42 Å². The Morgan fingerprint density at radius 1 is 1.40 bits per heavy atom. The third-order valence-electron chi connectivity index (χ3n) is 3.74. The zero-order valence-corrected chi connectivity index (χ0v) is 12.2. The fraction of sp³-hybridized carbons (Fsp3) is 0.769. The van der Waals surface area contributed by atoms with Gasteiger partial charge in [0.2, 0.25) is 5.89 Å². The first kappa shape index (κ1) is 14.9. The number of hydrogen-bond donors (Lipinski definition) is 0. The molecular formula is C13H21N3O4. The minimum absolute atomic E-state index is 0.0139. The number of aromatic nitrogens is 2. The summed E-state index contributed by atoms with van der Waals surface area (Å²) in [5.74, 6) is 0.0795. The van der Waals surface area contributed by atoms with Gasteiger partial charge in [-0.1, -0.05) is 13.8 Å². The number of morpholine rings is 1. The second kappa shape index (κ2) is 6.32. The predicted molar refractivity (Wildman–Crippen MR) is 70.2 cm³/mol. The van der Waals surface area contributed by atoms with E-state index in [9.17, 15) is 4.79 Å². The number of ether oxygens (including phenoxy) is 2. The van der Waals surface area contributed by atoms with Crippen molar-refractivity contribution in [3.63, 3.8) is 0 Å². The molecular weight excluding hydrogens is 262 g/mol. The summed E-state index contributed by atoms with van der Waals surface area (Å²) >= 11 is 0. The zero-order valence-electron chi connectivity index (χ0n) is 12.2. The summed E-state index contributed by atoms with van der Waals surface area (Å²) < 4.78 is 16.0. The maximum atomic E-state index is 12.4. The lowest BCUT2D eigenvalue weighted by atomic mass is 9.95. The van der Waals surface area contributed by atoms with Crippen molar-refractivity contribution in [3.05, 3.63) is 11.8 Å². The van der Waals surface area contributed by atoms with E-state index in [1.165, 1.54) is 7.11 Å². The number of hydrogen-bond acceptors (Lipinski definition) is 6. The van der Waals surface area contributed by atoms with E-state index in [0.29, 0.717) is 25.6 Å². The van der Waals surface area contributed by atoms with Gasteiger partial charge in [-0.25, -0.2) is 0 Å². The summed E-state index contributed by atoms with van der Waals surface area (Å²) in [6.45, 7) is 5.98. The Morgan fingerprint density at radius 2 is 2.15 bits per heavy atom. The van der Waals surface area contributed by atoms with Crippen LogP contribution in [-0.2, 0) is 16.1 Å². The van der Waals surface area contributed by atoms with E-state index in [1.54, 1.807) is 4.90 Å². The third-order valence-corrected chi connectivity index (χ3v) is 3.74. The molecule has 0 radical (unpaired) electrons. The molecule has 1 fully saturated rings. The number of rotatable bonds is 5. The molecule has 1 aromatic rings. The van der Waals surface area contributed by atoms with E-state index in [0.717, 1.165) is 12.8 Å². The lowest BCUT2D eigenvalue weighted by molar-refractivity contribution is -0.104. The average molecular weight is 283 g/mol. The summed E-state index contributed by atoms with van der Waals surface area (Å²) in [4.78, 5) is 14.1. The summed E-state index contributed by atoms with van der Waals surface area (Å²) in [6.07, 6.45) is 1.73. The molecule has 0 aromatic carbocycles. The van der Waals surface area contributed by atoms with Gasteiger partial charge in [0.1, 0.15) is 6.61 Å². The normalized spacial score (nSPS) is 18.2. The molecule has 20 heavy (non-hydrogen) atoms. The first-order chi connectivity index (χ1) is 9.64. The summed E-state index contributed by atoms with van der Waals surface area (Å²) in [6, 6.07) is 0. The molecule has 1 saturated heterocycles. The minimum Gasteiger partial charge on any atom is -0.414 e. The van der Waals surface area contributed by atoms with Crippen LogP contribution in [0.3, 0.4) is 0 Å². The molecule has 0 saturated carbocycles. The molecule has 1 aliphatic heterocycles. The van der Waals surface area contributed by atoms with Crippen molar-refractivity contribution in [2.24, 2.45) is 0 Å². The lowest BCUT2D eigenvalue weighted by Crippen LogP contribution is -2.53. The summed E-state index contributed by atoms with van der Waals surface area (Å²) in [7, 11) is 1.53. The SMILES string of the molecule is CCC1(CC)CN(C(=O)c2nnc(COC)o2)CCO1. The molecule has 0 aliphatic carbocycles. The summed E-state index contributed by atoms with van der Waals surface area (Å²) in [5, 5.41) is 7.56. The first-order valence-corrected chi connectivity index (χ1v) is 6.88. The van der Waals surface area contributed by atoms with Crippen LogP contribution in [0.1, 0.15) is 43.3 Å². The third kappa shape index (κ3) is 2.99. The van der Waals surface area contributed by atoms with Gasteiger partial charge in [-0.15, -0.1) is 10.2 Å². The van der Waals surface area contributed by atoms with Crippen molar-refractivity contribution < 1.29 is 18.7 Å². The molecule has 1 aliphatic rings. The van der Waals surface area contributed by atoms with E-state index in [-0.39, 0.29) is 24.0 Å². The zero-order chi connectivity index (χ0) is 14.6. The van der Waals surface area contributed by atoms with Crippen molar-refractivity contribution in [2.45, 2.75) is 38.9 Å². The Morgan fingerprint density at radius 3 is 2.80 bits per heavy atom. The number of carbonyl (C=O) groups is 1. The van der Waals surface area contributed by atoms with Crippen molar-refractivity contribution in [1.82, 2.24) is 15.1 Å². The molecule has 7 nitrogen and oxygen atoms in total. The van der Waals surface area contributed by atoms with Gasteiger partial charge < -0.3 is 18.8 Å². The van der Waals surface area contributed by atoms with Gasteiger partial charge in [0, 0.05) is 13.7 Å². The van der Waals surface area contributed by atoms with Gasteiger partial charge in [-0.2, -0.15) is 0 Å². The van der Waals surface area contributed by atoms with Crippen LogP contribution >= 0.6 is 0 Å². The molecule has 2 rings (SSSR count). The van der Waals surface area contributed by atoms with Gasteiger partial charge >= 0.3 is 11.8 Å². The Kier molecular flexibility index (Phi) is 4.72. The van der Waals surface area contributed by atoms with Crippen LogP contribution in [0.5, 0.6) is 0 Å². The number of nitrogens with zero attached hydrogens (tertiary/aromatic N) is 3. The largest absolute Gasteiger partial charge is 0.414 e. The smallest absolute Gasteiger partial charge is 0.311 e. The van der Waals surface area contributed by atoms with E-state index in [4.69, 9.17) is 13.9 Å². The molecule has 0 N–H and O–H groups in total. The fourth-order valence-corrected chi connectivity index (χ4v) is 2.35. The van der Waals surface area contributed by atoms with Crippen LogP contribution in [0.25, 0.3) is 0 Å². The van der Waals surface area contributed by atoms with Crippen LogP contribution in [-0.4, -0.2) is 53.4 Å². The van der Waals surface area contributed by atoms with Gasteiger partial charge in [0.15, 0.2) is 0 Å². The average Bonchev–Trinajstić information content (AvgIpc) is 2.95. The number of carbonyl (C=O) groups excluding carboxylic acids is 1. The van der Waals surface area contributed by atoms with Crippen LogP contribution in [0.4, 0.5) is 0 Å². The maximum absolute atomic E-state index is 12.4. The molecule has 0 spiro atoms. The highest BCUT2D eigenvalue weighted by molar-refractivity contribution is 5.89. The van der Waals surface area contributed by atoms with Gasteiger partial charge in [-0.05, 0) is 12.8 Å². The molecule has 1 aromatic heterocycles. The molecule has 0 bridgehead atoms. The molecule has 0 atom stereocenters. The Hall–Kier alpha value is -1.47. The van der Waals surface area contributed by atoms with Crippen molar-refractivity contribution in [1.29, 1.82) is 0 Å². The van der Waals surface area contributed by atoms with Crippen molar-refractivity contribution in [3.8, 4) is 0 Å². The molecule has 2 heterocycles. The first-order valence-electron chi connectivity index (χ1n) is 6.88. The molecule has 7 heteroatoms. The topological polar surface area (TPSA) is 77.7 Å². The van der Waals surface area contributed by atoms with Gasteiger partial charge in [-0.3, -0.25) is 4.79 Å². The van der Waals surface area contributed by atoms with E-state index in [1.807, 2.05) is 0 Å². The number of amides is 1.